The zero-order valence-electron chi connectivity index (χ0n) is 8.53. The molecule has 0 aliphatic rings. The molecule has 4 nitrogen and oxygen atoms in total. The summed E-state index contributed by atoms with van der Waals surface area (Å²) in [4.78, 5) is 18.8. The molecule has 0 amide bonds. The van der Waals surface area contributed by atoms with Crippen LogP contribution < -0.4 is 0 Å². The number of hydrogen-bond donors (Lipinski definition) is 0. The number of esters is 1. The Morgan fingerprint density at radius 2 is 2.40 bits per heavy atom. The van der Waals surface area contributed by atoms with E-state index in [9.17, 15) is 4.79 Å². The number of carbonyl (C=O) groups excluding carboxylic acids is 1. The molecule has 0 fully saturated rings. The van der Waals surface area contributed by atoms with Crippen LogP contribution in [0.25, 0.3) is 6.08 Å². The van der Waals surface area contributed by atoms with Crippen LogP contribution >= 0.6 is 11.6 Å². The molecule has 1 rings (SSSR count). The van der Waals surface area contributed by atoms with E-state index in [1.54, 1.807) is 26.1 Å². The van der Waals surface area contributed by atoms with Gasteiger partial charge < -0.3 is 4.74 Å². The monoisotopic (exact) mass is 226 g/mol. The van der Waals surface area contributed by atoms with Gasteiger partial charge in [0, 0.05) is 23.5 Å². The quantitative estimate of drug-likeness (QED) is 0.450. The van der Waals surface area contributed by atoms with Crippen LogP contribution in [0, 0.1) is 6.92 Å². The van der Waals surface area contributed by atoms with Crippen LogP contribution in [0.2, 0.25) is 5.28 Å². The van der Waals surface area contributed by atoms with Crippen molar-refractivity contribution in [3.05, 3.63) is 28.8 Å². The third-order valence-electron chi connectivity index (χ3n) is 1.67. The molecule has 0 saturated carbocycles. The highest BCUT2D eigenvalue weighted by atomic mass is 35.5. The number of ether oxygens (including phenoxy) is 1. The van der Waals surface area contributed by atoms with Crippen molar-refractivity contribution in [3.63, 3.8) is 0 Å². The van der Waals surface area contributed by atoms with Crippen LogP contribution in [0.15, 0.2) is 12.3 Å². The van der Waals surface area contributed by atoms with Crippen molar-refractivity contribution in [2.45, 2.75) is 13.8 Å². The summed E-state index contributed by atoms with van der Waals surface area (Å²) in [5.41, 5.74) is 1.46. The Hall–Kier alpha value is -1.42. The Balaban J connectivity index is 2.76. The van der Waals surface area contributed by atoms with Gasteiger partial charge in [0.15, 0.2) is 0 Å². The van der Waals surface area contributed by atoms with E-state index in [2.05, 4.69) is 9.97 Å². The fourth-order valence-electron chi connectivity index (χ4n) is 0.960. The molecule has 0 aliphatic heterocycles. The van der Waals surface area contributed by atoms with Crippen LogP contribution in [0.3, 0.4) is 0 Å². The van der Waals surface area contributed by atoms with E-state index in [1.807, 2.05) is 0 Å². The van der Waals surface area contributed by atoms with Crippen LogP contribution in [0.4, 0.5) is 0 Å². The molecule has 0 bridgehead atoms. The number of carbonyl (C=O) groups is 1. The molecule has 5 heteroatoms. The minimum Gasteiger partial charge on any atom is -0.463 e. The fraction of sp³-hybridized carbons (Fsp3) is 0.300. The fourth-order valence-corrected chi connectivity index (χ4v) is 1.14. The van der Waals surface area contributed by atoms with E-state index in [0.717, 1.165) is 11.3 Å². The molecule has 1 aromatic rings. The van der Waals surface area contributed by atoms with Crippen molar-refractivity contribution in [2.75, 3.05) is 6.61 Å². The molecule has 1 heterocycles. The van der Waals surface area contributed by atoms with E-state index in [1.165, 1.54) is 6.08 Å². The second kappa shape index (κ2) is 5.46. The third kappa shape index (κ3) is 3.67. The molecule has 0 N–H and O–H groups in total. The van der Waals surface area contributed by atoms with Gasteiger partial charge in [-0.1, -0.05) is 0 Å². The standard InChI is InChI=1S/C10H11ClN2O2/c1-3-15-9(14)5-4-8-6-12-10(11)13-7(8)2/h4-6H,3H2,1-2H3. The number of nitrogens with zero attached hydrogens (tertiary/aromatic N) is 2. The predicted molar refractivity (Wildman–Crippen MR) is 57.4 cm³/mol. The second-order valence-electron chi connectivity index (χ2n) is 2.77. The minimum absolute atomic E-state index is 0.195. The first kappa shape index (κ1) is 11.7. The van der Waals surface area contributed by atoms with Crippen LogP contribution in [0.5, 0.6) is 0 Å². The summed E-state index contributed by atoms with van der Waals surface area (Å²) >= 11 is 5.59. The zero-order valence-corrected chi connectivity index (χ0v) is 9.28. The molecule has 0 spiro atoms. The average Bonchev–Trinajstić information content (AvgIpc) is 2.17. The highest BCUT2D eigenvalue weighted by Gasteiger charge is 1.99. The smallest absolute Gasteiger partial charge is 0.330 e. The van der Waals surface area contributed by atoms with Crippen molar-refractivity contribution < 1.29 is 9.53 Å². The SMILES string of the molecule is CCOC(=O)C=Cc1cnc(Cl)nc1C. The molecule has 15 heavy (non-hydrogen) atoms. The maximum absolute atomic E-state index is 11.0. The molecular weight excluding hydrogens is 216 g/mol. The first-order chi connectivity index (χ1) is 7.13. The lowest BCUT2D eigenvalue weighted by molar-refractivity contribution is -0.137. The molecular formula is C10H11ClN2O2. The van der Waals surface area contributed by atoms with E-state index in [4.69, 9.17) is 16.3 Å². The summed E-state index contributed by atoms with van der Waals surface area (Å²) in [6.45, 7) is 3.90. The van der Waals surface area contributed by atoms with Crippen LogP contribution in [0.1, 0.15) is 18.2 Å². The van der Waals surface area contributed by atoms with Gasteiger partial charge in [0.05, 0.1) is 6.61 Å². The first-order valence-corrected chi connectivity index (χ1v) is 4.85. The number of aromatic nitrogens is 2. The van der Waals surface area contributed by atoms with Crippen molar-refractivity contribution in [1.82, 2.24) is 9.97 Å². The van der Waals surface area contributed by atoms with E-state index >= 15 is 0 Å². The Labute approximate surface area is 92.9 Å². The summed E-state index contributed by atoms with van der Waals surface area (Å²) < 4.78 is 4.73. The third-order valence-corrected chi connectivity index (χ3v) is 1.86. The Morgan fingerprint density at radius 1 is 1.67 bits per heavy atom. The van der Waals surface area contributed by atoms with Crippen LogP contribution in [-0.2, 0) is 9.53 Å². The molecule has 0 aromatic carbocycles. The molecule has 1 aromatic heterocycles. The number of halogens is 1. The van der Waals surface area contributed by atoms with Crippen molar-refractivity contribution in [1.29, 1.82) is 0 Å². The van der Waals surface area contributed by atoms with Gasteiger partial charge in [0.25, 0.3) is 0 Å². The lowest BCUT2D eigenvalue weighted by Gasteiger charge is -1.98. The summed E-state index contributed by atoms with van der Waals surface area (Å²) in [7, 11) is 0. The largest absolute Gasteiger partial charge is 0.463 e. The molecule has 0 unspecified atom stereocenters. The maximum Gasteiger partial charge on any atom is 0.330 e. The topological polar surface area (TPSA) is 52.1 Å². The Kier molecular flexibility index (Phi) is 4.24. The second-order valence-corrected chi connectivity index (χ2v) is 3.10. The normalized spacial score (nSPS) is 10.6. The minimum atomic E-state index is -0.383. The first-order valence-electron chi connectivity index (χ1n) is 4.47. The highest BCUT2D eigenvalue weighted by Crippen LogP contribution is 2.08. The lowest BCUT2D eigenvalue weighted by atomic mass is 10.2. The highest BCUT2D eigenvalue weighted by molar-refractivity contribution is 6.28. The summed E-state index contributed by atoms with van der Waals surface area (Å²) in [5, 5.41) is 0.195. The van der Waals surface area contributed by atoms with Crippen LogP contribution in [-0.4, -0.2) is 22.5 Å². The molecule has 0 aliphatic carbocycles. The summed E-state index contributed by atoms with van der Waals surface area (Å²) in [6, 6.07) is 0. The average molecular weight is 227 g/mol. The van der Waals surface area contributed by atoms with E-state index < -0.39 is 0 Å². The van der Waals surface area contributed by atoms with Gasteiger partial charge in [-0.2, -0.15) is 0 Å². The summed E-state index contributed by atoms with van der Waals surface area (Å²) in [5.74, 6) is -0.383. The van der Waals surface area contributed by atoms with Crippen molar-refractivity contribution in [3.8, 4) is 0 Å². The molecule has 0 radical (unpaired) electrons. The number of hydrogen-bond acceptors (Lipinski definition) is 4. The molecule has 80 valence electrons. The molecule has 0 saturated heterocycles. The summed E-state index contributed by atoms with van der Waals surface area (Å²) in [6.07, 6.45) is 4.49. The van der Waals surface area contributed by atoms with Gasteiger partial charge >= 0.3 is 5.97 Å². The van der Waals surface area contributed by atoms with Crippen molar-refractivity contribution >= 4 is 23.6 Å². The van der Waals surface area contributed by atoms with Gasteiger partial charge in [0.2, 0.25) is 5.28 Å². The van der Waals surface area contributed by atoms with Gasteiger partial charge in [-0.3, -0.25) is 0 Å². The van der Waals surface area contributed by atoms with Gasteiger partial charge in [-0.25, -0.2) is 14.8 Å². The molecule has 0 atom stereocenters. The number of rotatable bonds is 3. The predicted octanol–water partition coefficient (Wildman–Crippen LogP) is 2.01. The Morgan fingerprint density at radius 3 is 3.00 bits per heavy atom. The van der Waals surface area contributed by atoms with Gasteiger partial charge in [-0.15, -0.1) is 0 Å². The number of aryl methyl sites for hydroxylation is 1. The lowest BCUT2D eigenvalue weighted by Crippen LogP contribution is -1.99. The van der Waals surface area contributed by atoms with Crippen molar-refractivity contribution in [2.24, 2.45) is 0 Å². The maximum atomic E-state index is 11.0. The zero-order chi connectivity index (χ0) is 11.3. The van der Waals surface area contributed by atoms with E-state index in [-0.39, 0.29) is 11.3 Å². The van der Waals surface area contributed by atoms with E-state index in [0.29, 0.717) is 6.61 Å². The Bertz CT molecular complexity index is 391. The van der Waals surface area contributed by atoms with Gasteiger partial charge in [0.1, 0.15) is 0 Å². The van der Waals surface area contributed by atoms with Gasteiger partial charge in [-0.05, 0) is 31.5 Å².